The van der Waals surface area contributed by atoms with Crippen LogP contribution in [0.1, 0.15) is 12.0 Å². The van der Waals surface area contributed by atoms with Gasteiger partial charge in [-0.25, -0.2) is 4.39 Å². The number of benzene rings is 1. The van der Waals surface area contributed by atoms with Crippen LogP contribution in [0, 0.1) is 11.7 Å². The average Bonchev–Trinajstić information content (AvgIpc) is 2.72. The summed E-state index contributed by atoms with van der Waals surface area (Å²) >= 11 is 3.42. The van der Waals surface area contributed by atoms with E-state index in [1.165, 1.54) is 12.5 Å². The van der Waals surface area contributed by atoms with E-state index in [0.717, 1.165) is 29.7 Å². The van der Waals surface area contributed by atoms with Crippen molar-refractivity contribution in [3.8, 4) is 0 Å². The second-order valence-electron chi connectivity index (χ2n) is 4.65. The summed E-state index contributed by atoms with van der Waals surface area (Å²) in [4.78, 5) is 2.32. The molecule has 102 valence electrons. The minimum absolute atomic E-state index is 0. The molecule has 0 bridgehead atoms. The molecule has 0 spiro atoms. The molecule has 1 atom stereocenters. The van der Waals surface area contributed by atoms with Gasteiger partial charge < -0.3 is 5.32 Å². The van der Waals surface area contributed by atoms with Crippen molar-refractivity contribution >= 4 is 28.3 Å². The summed E-state index contributed by atoms with van der Waals surface area (Å²) in [5.41, 5.74) is 0.776. The van der Waals surface area contributed by atoms with E-state index < -0.39 is 0 Å². The van der Waals surface area contributed by atoms with Crippen LogP contribution in [0.4, 0.5) is 4.39 Å². The van der Waals surface area contributed by atoms with Gasteiger partial charge in [0.05, 0.1) is 0 Å². The van der Waals surface area contributed by atoms with Gasteiger partial charge in [0.1, 0.15) is 5.82 Å². The normalized spacial score (nSPS) is 19.8. The molecule has 1 saturated heterocycles. The molecule has 1 aliphatic heterocycles. The zero-order valence-electron chi connectivity index (χ0n) is 10.5. The lowest BCUT2D eigenvalue weighted by Gasteiger charge is -2.17. The standard InChI is InChI=1S/C13H18BrFN2.ClH/c1-16-7-10-5-6-17(8-10)9-11-12(14)3-2-4-13(11)15;/h2-4,10,16H,5-9H2,1H3;1H. The minimum atomic E-state index is -0.114. The molecule has 1 aliphatic rings. The molecule has 0 aliphatic carbocycles. The molecule has 2 nitrogen and oxygen atoms in total. The molecule has 5 heteroatoms. The van der Waals surface area contributed by atoms with Crippen LogP contribution in [0.2, 0.25) is 0 Å². The first-order chi connectivity index (χ1) is 8.20. The largest absolute Gasteiger partial charge is 0.319 e. The summed E-state index contributed by atoms with van der Waals surface area (Å²) in [5, 5.41) is 3.21. The van der Waals surface area contributed by atoms with Gasteiger partial charge in [-0.15, -0.1) is 12.4 Å². The fourth-order valence-electron chi connectivity index (χ4n) is 2.42. The minimum Gasteiger partial charge on any atom is -0.319 e. The SMILES string of the molecule is CNCC1CCN(Cc2c(F)cccc2Br)C1.Cl. The van der Waals surface area contributed by atoms with Gasteiger partial charge in [-0.05, 0) is 44.6 Å². The Labute approximate surface area is 122 Å². The number of nitrogens with one attached hydrogen (secondary N) is 1. The Balaban J connectivity index is 0.00000162. The Morgan fingerprint density at radius 1 is 1.50 bits per heavy atom. The van der Waals surface area contributed by atoms with E-state index in [0.29, 0.717) is 12.5 Å². The third kappa shape index (κ3) is 3.92. The lowest BCUT2D eigenvalue weighted by molar-refractivity contribution is 0.309. The predicted octanol–water partition coefficient (Wildman–Crippen LogP) is 3.05. The molecule has 0 radical (unpaired) electrons. The Morgan fingerprint density at radius 2 is 2.28 bits per heavy atom. The number of hydrogen-bond donors (Lipinski definition) is 1. The summed E-state index contributed by atoms with van der Waals surface area (Å²) in [6.45, 7) is 3.87. The zero-order valence-corrected chi connectivity index (χ0v) is 12.9. The lowest BCUT2D eigenvalue weighted by atomic mass is 10.1. The van der Waals surface area contributed by atoms with Gasteiger partial charge in [0, 0.05) is 23.1 Å². The van der Waals surface area contributed by atoms with Crippen molar-refractivity contribution in [1.82, 2.24) is 10.2 Å². The average molecular weight is 338 g/mol. The molecule has 1 aromatic rings. The fourth-order valence-corrected chi connectivity index (χ4v) is 2.89. The second kappa shape index (κ2) is 7.43. The summed E-state index contributed by atoms with van der Waals surface area (Å²) in [7, 11) is 1.98. The Kier molecular flexibility index (Phi) is 6.57. The number of halogens is 3. The molecule has 0 amide bonds. The van der Waals surface area contributed by atoms with E-state index in [1.54, 1.807) is 6.07 Å². The molecule has 1 fully saturated rings. The van der Waals surface area contributed by atoms with Gasteiger partial charge in [0.2, 0.25) is 0 Å². The van der Waals surface area contributed by atoms with Crippen LogP contribution >= 0.6 is 28.3 Å². The van der Waals surface area contributed by atoms with Crippen LogP contribution in [0.3, 0.4) is 0 Å². The highest BCUT2D eigenvalue weighted by Crippen LogP contribution is 2.24. The van der Waals surface area contributed by atoms with Gasteiger partial charge in [-0.3, -0.25) is 4.90 Å². The predicted molar refractivity (Wildman–Crippen MR) is 78.7 cm³/mol. The van der Waals surface area contributed by atoms with E-state index in [4.69, 9.17) is 0 Å². The van der Waals surface area contributed by atoms with Crippen molar-refractivity contribution in [2.45, 2.75) is 13.0 Å². The molecule has 2 rings (SSSR count). The molecule has 0 saturated carbocycles. The van der Waals surface area contributed by atoms with E-state index in [2.05, 4.69) is 26.1 Å². The first kappa shape index (κ1) is 15.9. The molecular weight excluding hydrogens is 319 g/mol. The summed E-state index contributed by atoms with van der Waals surface area (Å²) in [5.74, 6) is 0.585. The molecular formula is C13H19BrClFN2. The van der Waals surface area contributed by atoms with Crippen molar-refractivity contribution < 1.29 is 4.39 Å². The maximum absolute atomic E-state index is 13.7. The summed E-state index contributed by atoms with van der Waals surface area (Å²) in [6, 6.07) is 5.16. The van der Waals surface area contributed by atoms with Crippen molar-refractivity contribution in [2.75, 3.05) is 26.7 Å². The molecule has 1 heterocycles. The third-order valence-corrected chi connectivity index (χ3v) is 4.05. The Bertz CT molecular complexity index is 369. The van der Waals surface area contributed by atoms with Crippen LogP contribution in [0.15, 0.2) is 22.7 Å². The first-order valence-electron chi connectivity index (χ1n) is 6.00. The van der Waals surface area contributed by atoms with Crippen LogP contribution < -0.4 is 5.32 Å². The maximum atomic E-state index is 13.7. The van der Waals surface area contributed by atoms with Gasteiger partial charge >= 0.3 is 0 Å². The van der Waals surface area contributed by atoms with Crippen LogP contribution in [0.25, 0.3) is 0 Å². The van der Waals surface area contributed by atoms with Gasteiger partial charge in [-0.1, -0.05) is 22.0 Å². The molecule has 1 aromatic carbocycles. The quantitative estimate of drug-likeness (QED) is 0.908. The summed E-state index contributed by atoms with van der Waals surface area (Å²) in [6.07, 6.45) is 1.20. The summed E-state index contributed by atoms with van der Waals surface area (Å²) < 4.78 is 14.6. The topological polar surface area (TPSA) is 15.3 Å². The molecule has 1 unspecified atom stereocenters. The van der Waals surface area contributed by atoms with E-state index in [1.807, 2.05) is 13.1 Å². The molecule has 1 N–H and O–H groups in total. The fraction of sp³-hybridized carbons (Fsp3) is 0.538. The highest BCUT2D eigenvalue weighted by atomic mass is 79.9. The van der Waals surface area contributed by atoms with Crippen LogP contribution in [-0.2, 0) is 6.54 Å². The van der Waals surface area contributed by atoms with E-state index in [9.17, 15) is 4.39 Å². The van der Waals surface area contributed by atoms with Gasteiger partial charge in [-0.2, -0.15) is 0 Å². The monoisotopic (exact) mass is 336 g/mol. The highest BCUT2D eigenvalue weighted by molar-refractivity contribution is 9.10. The van der Waals surface area contributed by atoms with Gasteiger partial charge in [0.15, 0.2) is 0 Å². The Hall–Kier alpha value is -0.160. The van der Waals surface area contributed by atoms with E-state index in [-0.39, 0.29) is 18.2 Å². The van der Waals surface area contributed by atoms with E-state index >= 15 is 0 Å². The highest BCUT2D eigenvalue weighted by Gasteiger charge is 2.23. The number of nitrogens with zero attached hydrogens (tertiary/aromatic N) is 1. The van der Waals surface area contributed by atoms with Crippen LogP contribution in [-0.4, -0.2) is 31.6 Å². The van der Waals surface area contributed by atoms with Crippen molar-refractivity contribution in [2.24, 2.45) is 5.92 Å². The third-order valence-electron chi connectivity index (χ3n) is 3.31. The smallest absolute Gasteiger partial charge is 0.128 e. The second-order valence-corrected chi connectivity index (χ2v) is 5.50. The van der Waals surface area contributed by atoms with Gasteiger partial charge in [0.25, 0.3) is 0 Å². The number of hydrogen-bond acceptors (Lipinski definition) is 2. The molecule has 0 aromatic heterocycles. The lowest BCUT2D eigenvalue weighted by Crippen LogP contribution is -2.24. The number of likely N-dealkylation sites (tertiary alicyclic amines) is 1. The van der Waals surface area contributed by atoms with Crippen molar-refractivity contribution in [3.05, 3.63) is 34.1 Å². The molecule has 18 heavy (non-hydrogen) atoms. The number of rotatable bonds is 4. The van der Waals surface area contributed by atoms with Crippen LogP contribution in [0.5, 0.6) is 0 Å². The van der Waals surface area contributed by atoms with Crippen molar-refractivity contribution in [3.63, 3.8) is 0 Å². The maximum Gasteiger partial charge on any atom is 0.128 e. The zero-order chi connectivity index (χ0) is 12.3. The first-order valence-corrected chi connectivity index (χ1v) is 6.80. The Morgan fingerprint density at radius 3 is 2.94 bits per heavy atom. The van der Waals surface area contributed by atoms with Crippen molar-refractivity contribution in [1.29, 1.82) is 0 Å².